The van der Waals surface area contributed by atoms with E-state index >= 15 is 0 Å². The summed E-state index contributed by atoms with van der Waals surface area (Å²) in [6.07, 6.45) is 4.85. The van der Waals surface area contributed by atoms with Crippen molar-refractivity contribution in [2.24, 2.45) is 0 Å². The maximum absolute atomic E-state index is 10.6. The van der Waals surface area contributed by atoms with Crippen molar-refractivity contribution in [2.75, 3.05) is 5.75 Å². The minimum absolute atomic E-state index is 0.614. The van der Waals surface area contributed by atoms with Gasteiger partial charge in [-0.3, -0.25) is 4.79 Å². The molecular weight excluding hydrogens is 192 g/mol. The second kappa shape index (κ2) is 4.65. The minimum Gasteiger partial charge on any atom is -0.298 e. The average Bonchev–Trinajstić information content (AvgIpc) is 2.30. The molecule has 1 heterocycles. The fraction of sp³-hybridized carbons (Fsp3) is 0.417. The SMILES string of the molecule is O=Cc1cccc(C2CCCCS2)c1. The second-order valence-corrected chi connectivity index (χ2v) is 4.95. The monoisotopic (exact) mass is 206 g/mol. The van der Waals surface area contributed by atoms with Crippen molar-refractivity contribution in [1.29, 1.82) is 0 Å². The molecular formula is C12H14OS. The van der Waals surface area contributed by atoms with Crippen molar-refractivity contribution in [1.82, 2.24) is 0 Å². The summed E-state index contributed by atoms with van der Waals surface area (Å²) < 4.78 is 0. The number of benzene rings is 1. The molecule has 0 aliphatic carbocycles. The van der Waals surface area contributed by atoms with E-state index in [9.17, 15) is 4.79 Å². The summed E-state index contributed by atoms with van der Waals surface area (Å²) in [5.74, 6) is 1.26. The van der Waals surface area contributed by atoms with Crippen molar-refractivity contribution < 1.29 is 4.79 Å². The summed E-state index contributed by atoms with van der Waals surface area (Å²) in [7, 11) is 0. The number of rotatable bonds is 2. The predicted molar refractivity (Wildman–Crippen MR) is 60.9 cm³/mol. The van der Waals surface area contributed by atoms with E-state index in [0.717, 1.165) is 11.8 Å². The minimum atomic E-state index is 0.614. The molecule has 0 amide bonds. The van der Waals surface area contributed by atoms with E-state index in [4.69, 9.17) is 0 Å². The smallest absolute Gasteiger partial charge is 0.150 e. The molecule has 1 unspecified atom stereocenters. The lowest BCUT2D eigenvalue weighted by atomic mass is 10.0. The molecule has 1 aliphatic rings. The third-order valence-corrected chi connectivity index (χ3v) is 4.03. The molecule has 1 fully saturated rings. The quantitative estimate of drug-likeness (QED) is 0.689. The van der Waals surface area contributed by atoms with Gasteiger partial charge < -0.3 is 0 Å². The Morgan fingerprint density at radius 2 is 2.29 bits per heavy atom. The lowest BCUT2D eigenvalue weighted by molar-refractivity contribution is 0.112. The summed E-state index contributed by atoms with van der Waals surface area (Å²) in [5, 5.41) is 0.614. The van der Waals surface area contributed by atoms with Crippen LogP contribution in [0.3, 0.4) is 0 Å². The standard InChI is InChI=1S/C12H14OS/c13-9-10-4-3-5-11(8-10)12-6-1-2-7-14-12/h3-5,8-9,12H,1-2,6-7H2. The van der Waals surface area contributed by atoms with Crippen molar-refractivity contribution in [2.45, 2.75) is 24.5 Å². The number of carbonyl (C=O) groups is 1. The van der Waals surface area contributed by atoms with Gasteiger partial charge in [-0.2, -0.15) is 11.8 Å². The first-order valence-electron chi connectivity index (χ1n) is 5.07. The Hall–Kier alpha value is -0.760. The van der Waals surface area contributed by atoms with E-state index < -0.39 is 0 Å². The van der Waals surface area contributed by atoms with Crippen molar-refractivity contribution >= 4 is 18.0 Å². The fourth-order valence-corrected chi connectivity index (χ4v) is 3.16. The van der Waals surface area contributed by atoms with Crippen LogP contribution in [0.5, 0.6) is 0 Å². The number of aldehydes is 1. The maximum Gasteiger partial charge on any atom is 0.150 e. The first-order valence-corrected chi connectivity index (χ1v) is 6.12. The highest BCUT2D eigenvalue weighted by Gasteiger charge is 2.15. The first kappa shape index (κ1) is 9.78. The molecule has 14 heavy (non-hydrogen) atoms. The Labute approximate surface area is 88.9 Å². The number of thioether (sulfide) groups is 1. The van der Waals surface area contributed by atoms with E-state index in [1.807, 2.05) is 30.0 Å². The van der Waals surface area contributed by atoms with Gasteiger partial charge in [0.2, 0.25) is 0 Å². The molecule has 2 rings (SSSR count). The van der Waals surface area contributed by atoms with Crippen LogP contribution in [0.4, 0.5) is 0 Å². The maximum atomic E-state index is 10.6. The van der Waals surface area contributed by atoms with Gasteiger partial charge in [0.1, 0.15) is 6.29 Å². The molecule has 1 aromatic rings. The fourth-order valence-electron chi connectivity index (χ4n) is 1.84. The molecule has 0 N–H and O–H groups in total. The lowest BCUT2D eigenvalue weighted by Crippen LogP contribution is -2.02. The Kier molecular flexibility index (Phi) is 3.25. The van der Waals surface area contributed by atoms with Gasteiger partial charge in [0.15, 0.2) is 0 Å². The Balaban J connectivity index is 2.17. The van der Waals surface area contributed by atoms with Crippen LogP contribution in [0.1, 0.15) is 40.4 Å². The average molecular weight is 206 g/mol. The van der Waals surface area contributed by atoms with Crippen LogP contribution < -0.4 is 0 Å². The zero-order valence-corrected chi connectivity index (χ0v) is 8.93. The van der Waals surface area contributed by atoms with Crippen molar-refractivity contribution in [3.8, 4) is 0 Å². The van der Waals surface area contributed by atoms with Gasteiger partial charge in [-0.1, -0.05) is 24.6 Å². The number of hydrogen-bond acceptors (Lipinski definition) is 2. The molecule has 0 aromatic heterocycles. The Bertz CT molecular complexity index is 316. The van der Waals surface area contributed by atoms with E-state index in [0.29, 0.717) is 5.25 Å². The Morgan fingerprint density at radius 3 is 3.00 bits per heavy atom. The van der Waals surface area contributed by atoms with Gasteiger partial charge in [0.25, 0.3) is 0 Å². The highest BCUT2D eigenvalue weighted by atomic mass is 32.2. The third kappa shape index (κ3) is 2.18. The van der Waals surface area contributed by atoms with E-state index in [2.05, 4.69) is 6.07 Å². The van der Waals surface area contributed by atoms with Crippen LogP contribution in [-0.2, 0) is 0 Å². The molecule has 1 aliphatic heterocycles. The molecule has 1 nitrogen and oxygen atoms in total. The molecule has 2 heteroatoms. The zero-order valence-electron chi connectivity index (χ0n) is 8.11. The largest absolute Gasteiger partial charge is 0.298 e. The Morgan fingerprint density at radius 1 is 1.36 bits per heavy atom. The van der Waals surface area contributed by atoms with E-state index in [-0.39, 0.29) is 0 Å². The summed E-state index contributed by atoms with van der Waals surface area (Å²) in [6, 6.07) is 8.00. The summed E-state index contributed by atoms with van der Waals surface area (Å²) in [5.41, 5.74) is 2.12. The van der Waals surface area contributed by atoms with Gasteiger partial charge >= 0.3 is 0 Å². The molecule has 1 saturated heterocycles. The van der Waals surface area contributed by atoms with Gasteiger partial charge in [-0.15, -0.1) is 0 Å². The van der Waals surface area contributed by atoms with Gasteiger partial charge in [0.05, 0.1) is 0 Å². The highest BCUT2D eigenvalue weighted by Crippen LogP contribution is 2.38. The van der Waals surface area contributed by atoms with Crippen LogP contribution in [0.2, 0.25) is 0 Å². The summed E-state index contributed by atoms with van der Waals surface area (Å²) >= 11 is 2.02. The summed E-state index contributed by atoms with van der Waals surface area (Å²) in [4.78, 5) is 10.6. The zero-order chi connectivity index (χ0) is 9.80. The number of carbonyl (C=O) groups excluding carboxylic acids is 1. The van der Waals surface area contributed by atoms with Crippen LogP contribution in [0, 0.1) is 0 Å². The molecule has 0 radical (unpaired) electrons. The van der Waals surface area contributed by atoms with Crippen LogP contribution in [0.25, 0.3) is 0 Å². The molecule has 0 bridgehead atoms. The molecule has 0 saturated carbocycles. The molecule has 0 spiro atoms. The molecule has 74 valence electrons. The lowest BCUT2D eigenvalue weighted by Gasteiger charge is -2.21. The predicted octanol–water partition coefficient (Wildman–Crippen LogP) is 3.46. The first-order chi connectivity index (χ1) is 6.90. The topological polar surface area (TPSA) is 17.1 Å². The molecule has 1 atom stereocenters. The highest BCUT2D eigenvalue weighted by molar-refractivity contribution is 7.99. The molecule has 1 aromatic carbocycles. The van der Waals surface area contributed by atoms with E-state index in [1.54, 1.807) is 0 Å². The van der Waals surface area contributed by atoms with Crippen molar-refractivity contribution in [3.63, 3.8) is 0 Å². The van der Waals surface area contributed by atoms with Crippen LogP contribution >= 0.6 is 11.8 Å². The van der Waals surface area contributed by atoms with Gasteiger partial charge in [-0.05, 0) is 30.2 Å². The second-order valence-electron chi connectivity index (χ2n) is 3.64. The third-order valence-electron chi connectivity index (χ3n) is 2.60. The van der Waals surface area contributed by atoms with Crippen molar-refractivity contribution in [3.05, 3.63) is 35.4 Å². The van der Waals surface area contributed by atoms with Gasteiger partial charge in [-0.25, -0.2) is 0 Å². The van der Waals surface area contributed by atoms with Crippen LogP contribution in [-0.4, -0.2) is 12.0 Å². The summed E-state index contributed by atoms with van der Waals surface area (Å²) in [6.45, 7) is 0. The van der Waals surface area contributed by atoms with Crippen LogP contribution in [0.15, 0.2) is 24.3 Å². The number of hydrogen-bond donors (Lipinski definition) is 0. The van der Waals surface area contributed by atoms with Gasteiger partial charge in [0, 0.05) is 10.8 Å². The normalized spacial score (nSPS) is 21.9. The van der Waals surface area contributed by atoms with E-state index in [1.165, 1.54) is 30.6 Å².